The molecular weight excluding hydrogens is 661 g/mol. The summed E-state index contributed by atoms with van der Waals surface area (Å²) in [5.41, 5.74) is 10.1. The molecule has 8 aromatic carbocycles. The summed E-state index contributed by atoms with van der Waals surface area (Å²) in [7, 11) is 0. The van der Waals surface area contributed by atoms with Crippen LogP contribution in [0.15, 0.2) is 186 Å². The summed E-state index contributed by atoms with van der Waals surface area (Å²) in [5.74, 6) is 1.82. The van der Waals surface area contributed by atoms with Crippen LogP contribution in [0.1, 0.15) is 0 Å². The third-order valence-corrected chi connectivity index (χ3v) is 10.4. The first-order valence-corrected chi connectivity index (χ1v) is 18.1. The van der Waals surface area contributed by atoms with Crippen molar-refractivity contribution in [2.45, 2.75) is 0 Å². The number of aromatic nitrogens is 4. The molecule has 3 aromatic heterocycles. The monoisotopic (exact) mass is 690 g/mol. The van der Waals surface area contributed by atoms with Gasteiger partial charge in [0.05, 0.1) is 11.0 Å². The van der Waals surface area contributed by atoms with E-state index in [2.05, 4.69) is 126 Å². The van der Waals surface area contributed by atoms with Gasteiger partial charge in [-0.25, -0.2) is 15.0 Å². The SMILES string of the molecule is c1ccc(-c2ccc3c4cc5ccccc5cc4n(-c4ccc(-c5nc(-c6ccccc6)nc(-c6cccc7oc8ccccc8c67)n5)cc4)c3c2)cc1. The molecule has 0 radical (unpaired) electrons. The van der Waals surface area contributed by atoms with Crippen LogP contribution in [0.3, 0.4) is 0 Å². The summed E-state index contributed by atoms with van der Waals surface area (Å²) < 4.78 is 8.62. The minimum absolute atomic E-state index is 0.600. The van der Waals surface area contributed by atoms with Crippen molar-refractivity contribution in [1.29, 1.82) is 0 Å². The van der Waals surface area contributed by atoms with Crippen molar-refractivity contribution in [2.75, 3.05) is 0 Å². The molecule has 0 unspecified atom stereocenters. The van der Waals surface area contributed by atoms with E-state index in [1.165, 1.54) is 32.7 Å². The van der Waals surface area contributed by atoms with Gasteiger partial charge < -0.3 is 8.98 Å². The molecule has 5 heteroatoms. The largest absolute Gasteiger partial charge is 0.456 e. The van der Waals surface area contributed by atoms with E-state index in [-0.39, 0.29) is 0 Å². The minimum atomic E-state index is 0.600. The lowest BCUT2D eigenvalue weighted by atomic mass is 10.0. The van der Waals surface area contributed by atoms with Crippen molar-refractivity contribution in [3.63, 3.8) is 0 Å². The molecule has 3 heterocycles. The highest BCUT2D eigenvalue weighted by Gasteiger charge is 2.19. The summed E-state index contributed by atoms with van der Waals surface area (Å²) in [5, 5.41) is 6.91. The maximum Gasteiger partial charge on any atom is 0.164 e. The van der Waals surface area contributed by atoms with E-state index in [0.29, 0.717) is 17.5 Å². The predicted octanol–water partition coefficient (Wildman–Crippen LogP) is 12.7. The molecule has 0 fully saturated rings. The van der Waals surface area contributed by atoms with E-state index in [0.717, 1.165) is 55.3 Å². The summed E-state index contributed by atoms with van der Waals surface area (Å²) in [4.78, 5) is 15.2. The second-order valence-corrected chi connectivity index (χ2v) is 13.6. The predicted molar refractivity (Wildman–Crippen MR) is 221 cm³/mol. The Morgan fingerprint density at radius 2 is 0.963 bits per heavy atom. The smallest absolute Gasteiger partial charge is 0.164 e. The van der Waals surface area contributed by atoms with Gasteiger partial charge in [0.25, 0.3) is 0 Å². The van der Waals surface area contributed by atoms with Crippen LogP contribution < -0.4 is 0 Å². The Balaban J connectivity index is 1.10. The fraction of sp³-hybridized carbons (Fsp3) is 0. The number of rotatable bonds is 5. The molecule has 0 bridgehead atoms. The Bertz CT molecular complexity index is 3200. The van der Waals surface area contributed by atoms with Gasteiger partial charge in [0.2, 0.25) is 0 Å². The van der Waals surface area contributed by atoms with Crippen molar-refractivity contribution in [2.24, 2.45) is 0 Å². The number of hydrogen-bond acceptors (Lipinski definition) is 4. The molecule has 0 N–H and O–H groups in total. The van der Waals surface area contributed by atoms with Gasteiger partial charge in [0.1, 0.15) is 11.2 Å². The summed E-state index contributed by atoms with van der Waals surface area (Å²) >= 11 is 0. The number of benzene rings is 8. The standard InChI is InChI=1S/C49H30N4O/c1-3-12-31(13-4-1)36-24-27-38-41-28-34-16-7-8-17-35(34)29-43(41)53(42(38)30-36)37-25-22-33(23-26-37)48-50-47(32-14-5-2-6-15-32)51-49(52-48)40-19-11-21-45-46(40)39-18-9-10-20-44(39)54-45/h1-30H. The first kappa shape index (κ1) is 30.3. The Labute approximate surface area is 310 Å². The molecule has 0 aliphatic carbocycles. The van der Waals surface area contributed by atoms with Crippen molar-refractivity contribution in [3.05, 3.63) is 182 Å². The molecule has 54 heavy (non-hydrogen) atoms. The first-order valence-electron chi connectivity index (χ1n) is 18.1. The third-order valence-electron chi connectivity index (χ3n) is 10.4. The zero-order valence-electron chi connectivity index (χ0n) is 29.0. The van der Waals surface area contributed by atoms with Crippen molar-refractivity contribution >= 4 is 54.5 Å². The number of para-hydroxylation sites is 1. The average molecular weight is 691 g/mol. The van der Waals surface area contributed by atoms with E-state index in [1.54, 1.807) is 0 Å². The quantitative estimate of drug-likeness (QED) is 0.180. The normalized spacial score (nSPS) is 11.7. The van der Waals surface area contributed by atoms with E-state index in [4.69, 9.17) is 19.4 Å². The fourth-order valence-corrected chi connectivity index (χ4v) is 7.85. The molecule has 0 aliphatic rings. The van der Waals surface area contributed by atoms with Crippen LogP contribution in [-0.2, 0) is 0 Å². The van der Waals surface area contributed by atoms with E-state index in [9.17, 15) is 0 Å². The first-order chi connectivity index (χ1) is 26.7. The molecule has 5 nitrogen and oxygen atoms in total. The number of nitrogens with zero attached hydrogens (tertiary/aromatic N) is 4. The van der Waals surface area contributed by atoms with Gasteiger partial charge in [-0.05, 0) is 76.5 Å². The molecular formula is C49H30N4O. The average Bonchev–Trinajstić information content (AvgIpc) is 3.78. The van der Waals surface area contributed by atoms with Crippen LogP contribution in [0, 0.1) is 0 Å². The molecule has 0 atom stereocenters. The van der Waals surface area contributed by atoms with Gasteiger partial charge in [0.15, 0.2) is 17.5 Å². The number of fused-ring (bicyclic) bond motifs is 7. The number of hydrogen-bond donors (Lipinski definition) is 0. The maximum absolute atomic E-state index is 6.24. The third kappa shape index (κ3) is 4.90. The maximum atomic E-state index is 6.24. The van der Waals surface area contributed by atoms with Crippen molar-refractivity contribution < 1.29 is 4.42 Å². The van der Waals surface area contributed by atoms with Gasteiger partial charge >= 0.3 is 0 Å². The second-order valence-electron chi connectivity index (χ2n) is 13.6. The summed E-state index contributed by atoms with van der Waals surface area (Å²) in [6.45, 7) is 0. The van der Waals surface area contributed by atoms with Crippen LogP contribution in [0.5, 0.6) is 0 Å². The molecule has 0 aliphatic heterocycles. The van der Waals surface area contributed by atoms with Gasteiger partial charge in [-0.2, -0.15) is 0 Å². The van der Waals surface area contributed by atoms with Gasteiger partial charge in [-0.15, -0.1) is 0 Å². The molecule has 252 valence electrons. The van der Waals surface area contributed by atoms with Crippen molar-refractivity contribution in [3.8, 4) is 51.0 Å². The van der Waals surface area contributed by atoms with Gasteiger partial charge in [-0.1, -0.05) is 127 Å². The lowest BCUT2D eigenvalue weighted by molar-refractivity contribution is 0.669. The van der Waals surface area contributed by atoms with Gasteiger partial charge in [0, 0.05) is 43.9 Å². The Kier molecular flexibility index (Phi) is 6.79. The Morgan fingerprint density at radius 1 is 0.370 bits per heavy atom. The van der Waals surface area contributed by atoms with Crippen LogP contribution in [0.4, 0.5) is 0 Å². The molecule has 0 spiro atoms. The zero-order chi connectivity index (χ0) is 35.6. The summed E-state index contributed by atoms with van der Waals surface area (Å²) in [6.07, 6.45) is 0. The fourth-order valence-electron chi connectivity index (χ4n) is 7.85. The molecule has 11 aromatic rings. The van der Waals surface area contributed by atoms with E-state index in [1.807, 2.05) is 60.7 Å². The molecule has 0 saturated carbocycles. The van der Waals surface area contributed by atoms with Crippen LogP contribution in [-0.4, -0.2) is 19.5 Å². The lowest BCUT2D eigenvalue weighted by Crippen LogP contribution is -2.01. The topological polar surface area (TPSA) is 56.7 Å². The number of furan rings is 1. The van der Waals surface area contributed by atoms with Gasteiger partial charge in [-0.3, -0.25) is 0 Å². The molecule has 11 rings (SSSR count). The highest BCUT2D eigenvalue weighted by atomic mass is 16.3. The van der Waals surface area contributed by atoms with E-state index >= 15 is 0 Å². The van der Waals surface area contributed by atoms with Crippen LogP contribution >= 0.6 is 0 Å². The minimum Gasteiger partial charge on any atom is -0.456 e. The Morgan fingerprint density at radius 3 is 1.74 bits per heavy atom. The molecule has 0 saturated heterocycles. The van der Waals surface area contributed by atoms with E-state index < -0.39 is 0 Å². The highest BCUT2D eigenvalue weighted by Crippen LogP contribution is 2.39. The second kappa shape index (κ2) is 12.1. The highest BCUT2D eigenvalue weighted by molar-refractivity contribution is 6.14. The van der Waals surface area contributed by atoms with Crippen LogP contribution in [0.25, 0.3) is 105 Å². The zero-order valence-corrected chi connectivity index (χ0v) is 29.0. The Hall–Kier alpha value is -7.37. The summed E-state index contributed by atoms with van der Waals surface area (Å²) in [6, 6.07) is 63.5. The molecule has 0 amide bonds. The van der Waals surface area contributed by atoms with Crippen LogP contribution in [0.2, 0.25) is 0 Å². The lowest BCUT2D eigenvalue weighted by Gasteiger charge is -2.12. The van der Waals surface area contributed by atoms with Crippen molar-refractivity contribution in [1.82, 2.24) is 19.5 Å².